The fourth-order valence-corrected chi connectivity index (χ4v) is 7.15. The highest BCUT2D eigenvalue weighted by Crippen LogP contribution is 2.31. The molecule has 10 heteroatoms. The molecule has 1 amide bonds. The average Bonchev–Trinajstić information content (AvgIpc) is 3.42. The van der Waals surface area contributed by atoms with Gasteiger partial charge in [-0.3, -0.25) is 9.48 Å². The summed E-state index contributed by atoms with van der Waals surface area (Å²) < 4.78 is 31.1. The molecule has 1 unspecified atom stereocenters. The third-order valence-electron chi connectivity index (χ3n) is 5.75. The van der Waals surface area contributed by atoms with E-state index in [1.165, 1.54) is 11.3 Å². The summed E-state index contributed by atoms with van der Waals surface area (Å²) >= 11 is 7.72. The van der Waals surface area contributed by atoms with Gasteiger partial charge in [0.05, 0.1) is 28.6 Å². The Labute approximate surface area is 196 Å². The third kappa shape index (κ3) is 4.85. The number of nitrogens with zero attached hydrogens (tertiary/aromatic N) is 3. The van der Waals surface area contributed by atoms with Crippen LogP contribution in [0.5, 0.6) is 0 Å². The number of aryl methyl sites for hydroxylation is 1. The molecule has 0 aliphatic carbocycles. The number of thiophene rings is 1. The first-order chi connectivity index (χ1) is 15.3. The summed E-state index contributed by atoms with van der Waals surface area (Å²) in [5.41, 5.74) is 1.80. The van der Waals surface area contributed by atoms with Crippen molar-refractivity contribution in [3.05, 3.63) is 51.5 Å². The van der Waals surface area contributed by atoms with E-state index in [1.807, 2.05) is 41.9 Å². The molecule has 2 aromatic heterocycles. The number of methoxy groups -OCH3 is 1. The zero-order valence-corrected chi connectivity index (χ0v) is 20.5. The summed E-state index contributed by atoms with van der Waals surface area (Å²) in [6.07, 6.45) is 1.13. The molecule has 0 bridgehead atoms. The molecule has 32 heavy (non-hydrogen) atoms. The molecule has 1 aromatic carbocycles. The Kier molecular flexibility index (Phi) is 6.90. The van der Waals surface area contributed by atoms with Crippen LogP contribution in [0.3, 0.4) is 0 Å². The minimum atomic E-state index is -3.10. The lowest BCUT2D eigenvalue weighted by Gasteiger charge is -2.27. The second-order valence-electron chi connectivity index (χ2n) is 8.07. The Bertz CT molecular complexity index is 1240. The van der Waals surface area contributed by atoms with Crippen LogP contribution in [0.1, 0.15) is 33.8 Å². The number of aromatic nitrogens is 2. The van der Waals surface area contributed by atoms with Crippen LogP contribution in [0.4, 0.5) is 0 Å². The number of carbonyl (C=O) groups is 1. The molecule has 172 valence electrons. The molecule has 4 rings (SSSR count). The van der Waals surface area contributed by atoms with Crippen LogP contribution in [-0.4, -0.2) is 66.8 Å². The molecule has 0 N–H and O–H groups in total. The number of hydrogen-bond donors (Lipinski definition) is 0. The average molecular weight is 496 g/mol. The number of carbonyl (C=O) groups excluding carboxylic acids is 1. The molecule has 3 aromatic rings. The highest BCUT2D eigenvalue weighted by atomic mass is 35.5. The lowest BCUT2D eigenvalue weighted by Crippen LogP contribution is -2.41. The van der Waals surface area contributed by atoms with Gasteiger partial charge < -0.3 is 9.64 Å². The highest BCUT2D eigenvalue weighted by Gasteiger charge is 2.35. The maximum absolute atomic E-state index is 13.5. The second-order valence-corrected chi connectivity index (χ2v) is 11.7. The zero-order valence-electron chi connectivity index (χ0n) is 18.1. The van der Waals surface area contributed by atoms with Gasteiger partial charge in [-0.05, 0) is 37.5 Å². The van der Waals surface area contributed by atoms with Gasteiger partial charge in [-0.25, -0.2) is 8.42 Å². The molecule has 7 nitrogen and oxygen atoms in total. The van der Waals surface area contributed by atoms with E-state index >= 15 is 0 Å². The smallest absolute Gasteiger partial charge is 0.264 e. The molecule has 1 aliphatic heterocycles. The van der Waals surface area contributed by atoms with Crippen LogP contribution in [0.15, 0.2) is 30.3 Å². The summed E-state index contributed by atoms with van der Waals surface area (Å²) in [6, 6.07) is 9.21. The van der Waals surface area contributed by atoms with E-state index in [4.69, 9.17) is 16.3 Å². The minimum absolute atomic E-state index is 0.0237. The molecular weight excluding hydrogens is 470 g/mol. The molecule has 0 spiro atoms. The van der Waals surface area contributed by atoms with Crippen molar-refractivity contribution in [1.29, 1.82) is 0 Å². The van der Waals surface area contributed by atoms with Crippen molar-refractivity contribution in [3.8, 4) is 0 Å². The van der Waals surface area contributed by atoms with Crippen molar-refractivity contribution >= 4 is 48.9 Å². The topological polar surface area (TPSA) is 81.5 Å². The standard InChI is InChI=1S/C22H26ClN3O4S2/c1-15-18-12-20(31-22(18)26(24-15)13-16-6-3-4-7-19(16)23)21(27)25(9-5-10-30-2)17-8-11-32(28,29)14-17/h3-4,6-7,12,17H,5,8-11,13-14H2,1-2H3. The van der Waals surface area contributed by atoms with E-state index in [9.17, 15) is 13.2 Å². The number of halogens is 1. The Morgan fingerprint density at radius 3 is 2.84 bits per heavy atom. The molecule has 0 radical (unpaired) electrons. The van der Waals surface area contributed by atoms with Gasteiger partial charge in [0.15, 0.2) is 9.84 Å². The third-order valence-corrected chi connectivity index (χ3v) is 9.01. The van der Waals surface area contributed by atoms with Crippen molar-refractivity contribution in [2.45, 2.75) is 32.4 Å². The van der Waals surface area contributed by atoms with Crippen LogP contribution in [0, 0.1) is 6.92 Å². The predicted molar refractivity (Wildman–Crippen MR) is 127 cm³/mol. The van der Waals surface area contributed by atoms with Crippen molar-refractivity contribution in [3.63, 3.8) is 0 Å². The SMILES string of the molecule is COCCCN(C(=O)c1cc2c(C)nn(Cc3ccccc3Cl)c2s1)C1CCS(=O)(=O)C1. The van der Waals surface area contributed by atoms with Crippen LogP contribution >= 0.6 is 22.9 Å². The van der Waals surface area contributed by atoms with Crippen molar-refractivity contribution in [1.82, 2.24) is 14.7 Å². The number of amides is 1. The van der Waals surface area contributed by atoms with E-state index < -0.39 is 9.84 Å². The normalized spacial score (nSPS) is 17.8. The molecule has 0 saturated carbocycles. The number of rotatable bonds is 8. The summed E-state index contributed by atoms with van der Waals surface area (Å²) in [6.45, 7) is 3.41. The summed E-state index contributed by atoms with van der Waals surface area (Å²) in [7, 11) is -1.48. The van der Waals surface area contributed by atoms with Gasteiger partial charge in [0.2, 0.25) is 0 Å². The number of fused-ring (bicyclic) bond motifs is 1. The van der Waals surface area contributed by atoms with Gasteiger partial charge in [0.25, 0.3) is 5.91 Å². The molecule has 3 heterocycles. The van der Waals surface area contributed by atoms with Gasteiger partial charge in [-0.15, -0.1) is 11.3 Å². The molecular formula is C22H26ClN3O4S2. The maximum atomic E-state index is 13.5. The first-order valence-electron chi connectivity index (χ1n) is 10.5. The summed E-state index contributed by atoms with van der Waals surface area (Å²) in [5.74, 6) is 0.0214. The number of benzene rings is 1. The van der Waals surface area contributed by atoms with E-state index in [0.717, 1.165) is 21.5 Å². The van der Waals surface area contributed by atoms with Crippen molar-refractivity contribution in [2.24, 2.45) is 0 Å². The molecule has 1 fully saturated rings. The Balaban J connectivity index is 1.63. The van der Waals surface area contributed by atoms with Gasteiger partial charge in [0, 0.05) is 36.7 Å². The maximum Gasteiger partial charge on any atom is 0.264 e. The lowest BCUT2D eigenvalue weighted by molar-refractivity contribution is 0.0679. The Morgan fingerprint density at radius 1 is 1.38 bits per heavy atom. The van der Waals surface area contributed by atoms with E-state index in [0.29, 0.717) is 42.4 Å². The summed E-state index contributed by atoms with van der Waals surface area (Å²) in [5, 5.41) is 6.24. The van der Waals surface area contributed by atoms with Gasteiger partial charge in [-0.2, -0.15) is 5.10 Å². The molecule has 1 atom stereocenters. The highest BCUT2D eigenvalue weighted by molar-refractivity contribution is 7.91. The number of sulfone groups is 1. The van der Waals surface area contributed by atoms with Crippen LogP contribution in [0.2, 0.25) is 5.02 Å². The largest absolute Gasteiger partial charge is 0.385 e. The lowest BCUT2D eigenvalue weighted by atomic mass is 10.2. The number of ether oxygens (including phenoxy) is 1. The van der Waals surface area contributed by atoms with Gasteiger partial charge >= 0.3 is 0 Å². The minimum Gasteiger partial charge on any atom is -0.385 e. The van der Waals surface area contributed by atoms with Crippen molar-refractivity contribution in [2.75, 3.05) is 31.8 Å². The van der Waals surface area contributed by atoms with E-state index in [2.05, 4.69) is 5.10 Å². The quantitative estimate of drug-likeness (QED) is 0.444. The second kappa shape index (κ2) is 9.51. The van der Waals surface area contributed by atoms with Gasteiger partial charge in [-0.1, -0.05) is 29.8 Å². The molecule has 1 aliphatic rings. The Morgan fingerprint density at radius 2 is 2.16 bits per heavy atom. The Hall–Kier alpha value is -1.94. The van der Waals surface area contributed by atoms with Crippen LogP contribution < -0.4 is 0 Å². The van der Waals surface area contributed by atoms with E-state index in [1.54, 1.807) is 12.0 Å². The predicted octanol–water partition coefficient (Wildman–Crippen LogP) is 3.77. The summed E-state index contributed by atoms with van der Waals surface area (Å²) in [4.78, 5) is 16.7. The first kappa shape index (κ1) is 23.2. The monoisotopic (exact) mass is 495 g/mol. The fraction of sp³-hybridized carbons (Fsp3) is 0.455. The number of hydrogen-bond acceptors (Lipinski definition) is 6. The first-order valence-corrected chi connectivity index (χ1v) is 13.5. The van der Waals surface area contributed by atoms with E-state index in [-0.39, 0.29) is 23.5 Å². The van der Waals surface area contributed by atoms with Crippen LogP contribution in [-0.2, 0) is 21.1 Å². The zero-order chi connectivity index (χ0) is 22.9. The van der Waals surface area contributed by atoms with Crippen molar-refractivity contribution < 1.29 is 17.9 Å². The molecule has 1 saturated heterocycles. The fourth-order valence-electron chi connectivity index (χ4n) is 4.11. The van der Waals surface area contributed by atoms with Crippen LogP contribution in [0.25, 0.3) is 10.2 Å². The van der Waals surface area contributed by atoms with Gasteiger partial charge in [0.1, 0.15) is 4.83 Å².